The summed E-state index contributed by atoms with van der Waals surface area (Å²) in [4.78, 5) is 12.8. The van der Waals surface area contributed by atoms with Gasteiger partial charge in [-0.05, 0) is 37.8 Å². The van der Waals surface area contributed by atoms with Crippen LogP contribution in [0, 0.1) is 13.8 Å². The number of aromatic nitrogens is 1. The minimum absolute atomic E-state index is 0. The smallest absolute Gasteiger partial charge is 0.191 e. The van der Waals surface area contributed by atoms with Crippen molar-refractivity contribution >= 4 is 41.3 Å². The van der Waals surface area contributed by atoms with Gasteiger partial charge in [0.15, 0.2) is 5.96 Å². The molecular weight excluding hydrogens is 481 g/mol. The van der Waals surface area contributed by atoms with E-state index in [2.05, 4.69) is 70.5 Å². The van der Waals surface area contributed by atoms with Crippen LogP contribution >= 0.6 is 35.3 Å². The predicted molar refractivity (Wildman–Crippen MR) is 130 cm³/mol. The second-order valence-corrected chi connectivity index (χ2v) is 8.39. The molecule has 1 aromatic carbocycles. The number of guanidine groups is 1. The maximum absolute atomic E-state index is 4.49. The zero-order chi connectivity index (χ0) is 19.2. The molecule has 1 unspecified atom stereocenters. The fourth-order valence-electron chi connectivity index (χ4n) is 3.70. The maximum Gasteiger partial charge on any atom is 0.191 e. The molecule has 0 aliphatic carbocycles. The van der Waals surface area contributed by atoms with Gasteiger partial charge in [0.25, 0.3) is 0 Å². The molecule has 28 heavy (non-hydrogen) atoms. The van der Waals surface area contributed by atoms with Crippen LogP contribution in [0.1, 0.15) is 40.1 Å². The van der Waals surface area contributed by atoms with Crippen LogP contribution in [0.4, 0.5) is 0 Å². The number of halogens is 1. The molecule has 1 aliphatic rings. The Bertz CT molecular complexity index is 789. The van der Waals surface area contributed by atoms with E-state index >= 15 is 0 Å². The predicted octanol–water partition coefficient (Wildman–Crippen LogP) is 3.88. The third-order valence-electron chi connectivity index (χ3n) is 5.29. The standard InChI is InChI=1S/C21H31N5S.HI/c1-5-19(26-11-10-17-8-6-7-9-18(17)14-26)12-23-21(22-4)24-13-20-15(2)25-16(3)27-20;/h6-9,19H,5,10-14H2,1-4H3,(H2,22,23,24);1H. The molecule has 154 valence electrons. The highest BCUT2D eigenvalue weighted by molar-refractivity contribution is 14.0. The minimum Gasteiger partial charge on any atom is -0.355 e. The molecule has 0 amide bonds. The zero-order valence-corrected chi connectivity index (χ0v) is 20.4. The molecular formula is C21H32IN5S. The molecule has 2 N–H and O–H groups in total. The van der Waals surface area contributed by atoms with Gasteiger partial charge in [-0.1, -0.05) is 31.2 Å². The summed E-state index contributed by atoms with van der Waals surface area (Å²) in [6.45, 7) is 10.2. The van der Waals surface area contributed by atoms with Gasteiger partial charge in [-0.25, -0.2) is 4.98 Å². The lowest BCUT2D eigenvalue weighted by atomic mass is 9.98. The zero-order valence-electron chi connectivity index (χ0n) is 17.3. The number of thiazole rings is 1. The number of aryl methyl sites for hydroxylation is 2. The lowest BCUT2D eigenvalue weighted by Crippen LogP contribution is -2.48. The lowest BCUT2D eigenvalue weighted by Gasteiger charge is -2.35. The van der Waals surface area contributed by atoms with Gasteiger partial charge < -0.3 is 10.6 Å². The first-order valence-corrected chi connectivity index (χ1v) is 10.6. The molecule has 1 atom stereocenters. The lowest BCUT2D eigenvalue weighted by molar-refractivity contribution is 0.174. The van der Waals surface area contributed by atoms with E-state index < -0.39 is 0 Å². The highest BCUT2D eigenvalue weighted by Crippen LogP contribution is 2.21. The van der Waals surface area contributed by atoms with Gasteiger partial charge in [-0.2, -0.15) is 0 Å². The van der Waals surface area contributed by atoms with Crippen LogP contribution < -0.4 is 10.6 Å². The van der Waals surface area contributed by atoms with Gasteiger partial charge in [0.1, 0.15) is 0 Å². The van der Waals surface area contributed by atoms with Gasteiger partial charge in [0.2, 0.25) is 0 Å². The molecule has 0 saturated heterocycles. The number of nitrogens with one attached hydrogen (secondary N) is 2. The summed E-state index contributed by atoms with van der Waals surface area (Å²) in [5.41, 5.74) is 4.09. The second kappa shape index (κ2) is 11.1. The average molecular weight is 513 g/mol. The number of nitrogens with zero attached hydrogens (tertiary/aromatic N) is 3. The number of fused-ring (bicyclic) bond motifs is 1. The van der Waals surface area contributed by atoms with Crippen molar-refractivity contribution in [3.8, 4) is 0 Å². The number of hydrogen-bond donors (Lipinski definition) is 2. The molecule has 1 aromatic heterocycles. The molecule has 0 fully saturated rings. The largest absolute Gasteiger partial charge is 0.355 e. The Morgan fingerprint density at radius 2 is 2.00 bits per heavy atom. The Kier molecular flexibility index (Phi) is 9.17. The van der Waals surface area contributed by atoms with Crippen LogP contribution in [-0.2, 0) is 19.5 Å². The summed E-state index contributed by atoms with van der Waals surface area (Å²) in [7, 11) is 1.83. The molecule has 0 spiro atoms. The molecule has 2 aromatic rings. The van der Waals surface area contributed by atoms with E-state index in [1.165, 1.54) is 16.0 Å². The van der Waals surface area contributed by atoms with Crippen molar-refractivity contribution < 1.29 is 0 Å². The van der Waals surface area contributed by atoms with Crippen LogP contribution in [0.5, 0.6) is 0 Å². The number of aliphatic imine (C=N–C) groups is 1. The first-order valence-electron chi connectivity index (χ1n) is 9.79. The van der Waals surface area contributed by atoms with Crippen LogP contribution in [0.25, 0.3) is 0 Å². The topological polar surface area (TPSA) is 52.6 Å². The normalized spacial score (nSPS) is 15.5. The molecule has 7 heteroatoms. The fourth-order valence-corrected chi connectivity index (χ4v) is 4.57. The highest BCUT2D eigenvalue weighted by Gasteiger charge is 2.22. The van der Waals surface area contributed by atoms with Crippen LogP contribution in [0.15, 0.2) is 29.3 Å². The molecule has 3 rings (SSSR count). The van der Waals surface area contributed by atoms with E-state index in [1.54, 1.807) is 11.3 Å². The summed E-state index contributed by atoms with van der Waals surface area (Å²) < 4.78 is 0. The molecule has 0 radical (unpaired) electrons. The Labute approximate surface area is 190 Å². The summed E-state index contributed by atoms with van der Waals surface area (Å²) in [5.74, 6) is 0.858. The fraction of sp³-hybridized carbons (Fsp3) is 0.524. The maximum atomic E-state index is 4.49. The van der Waals surface area contributed by atoms with Crippen molar-refractivity contribution in [1.82, 2.24) is 20.5 Å². The van der Waals surface area contributed by atoms with E-state index in [9.17, 15) is 0 Å². The molecule has 0 saturated carbocycles. The Balaban J connectivity index is 0.00000280. The minimum atomic E-state index is 0. The van der Waals surface area contributed by atoms with Gasteiger partial charge in [0.05, 0.1) is 17.2 Å². The number of rotatable bonds is 6. The van der Waals surface area contributed by atoms with Gasteiger partial charge in [-0.15, -0.1) is 35.3 Å². The third-order valence-corrected chi connectivity index (χ3v) is 6.37. The van der Waals surface area contributed by atoms with E-state index in [1.807, 2.05) is 7.05 Å². The SMILES string of the molecule is CCC(CNC(=NC)NCc1sc(C)nc1C)N1CCc2ccccc2C1.I. The van der Waals surface area contributed by atoms with Crippen molar-refractivity contribution in [3.05, 3.63) is 51.0 Å². The molecule has 2 heterocycles. The van der Waals surface area contributed by atoms with Crippen molar-refractivity contribution in [3.63, 3.8) is 0 Å². The highest BCUT2D eigenvalue weighted by atomic mass is 127. The summed E-state index contributed by atoms with van der Waals surface area (Å²) in [6, 6.07) is 9.33. The van der Waals surface area contributed by atoms with E-state index in [0.717, 1.165) is 55.7 Å². The quantitative estimate of drug-likeness (QED) is 0.350. The van der Waals surface area contributed by atoms with Crippen LogP contribution in [0.3, 0.4) is 0 Å². The van der Waals surface area contributed by atoms with Gasteiger partial charge in [0, 0.05) is 37.6 Å². The summed E-state index contributed by atoms with van der Waals surface area (Å²) >= 11 is 1.75. The van der Waals surface area contributed by atoms with Crippen molar-refractivity contribution in [2.45, 2.75) is 52.7 Å². The Hall–Kier alpha value is -1.19. The number of benzene rings is 1. The van der Waals surface area contributed by atoms with Crippen LogP contribution in [0.2, 0.25) is 0 Å². The van der Waals surface area contributed by atoms with Gasteiger partial charge >= 0.3 is 0 Å². The van der Waals surface area contributed by atoms with E-state index in [4.69, 9.17) is 0 Å². The first kappa shape index (κ1) is 23.1. The van der Waals surface area contributed by atoms with Gasteiger partial charge in [-0.3, -0.25) is 9.89 Å². The summed E-state index contributed by atoms with van der Waals surface area (Å²) in [5, 5.41) is 8.06. The third kappa shape index (κ3) is 5.90. The van der Waals surface area contributed by atoms with Crippen molar-refractivity contribution in [2.24, 2.45) is 4.99 Å². The average Bonchev–Trinajstić information content (AvgIpc) is 3.01. The molecule has 1 aliphatic heterocycles. The van der Waals surface area contributed by atoms with Crippen LogP contribution in [-0.4, -0.2) is 42.0 Å². The molecule has 0 bridgehead atoms. The van der Waals surface area contributed by atoms with Crippen molar-refractivity contribution in [2.75, 3.05) is 20.1 Å². The van der Waals surface area contributed by atoms with Crippen molar-refractivity contribution in [1.29, 1.82) is 0 Å². The first-order chi connectivity index (χ1) is 13.1. The number of hydrogen-bond acceptors (Lipinski definition) is 4. The summed E-state index contributed by atoms with van der Waals surface area (Å²) in [6.07, 6.45) is 2.27. The molecule has 5 nitrogen and oxygen atoms in total. The van der Waals surface area contributed by atoms with E-state index in [-0.39, 0.29) is 24.0 Å². The Morgan fingerprint density at radius 3 is 2.64 bits per heavy atom. The monoisotopic (exact) mass is 513 g/mol. The second-order valence-electron chi connectivity index (χ2n) is 7.10. The Morgan fingerprint density at radius 1 is 1.25 bits per heavy atom. The van der Waals surface area contributed by atoms with E-state index in [0.29, 0.717) is 6.04 Å².